The van der Waals surface area contributed by atoms with Gasteiger partial charge in [-0.05, 0) is 63.3 Å². The Kier molecular flexibility index (Phi) is 5.05. The lowest BCUT2D eigenvalue weighted by Crippen LogP contribution is -2.35. The molecule has 29 heavy (non-hydrogen) atoms. The van der Waals surface area contributed by atoms with Crippen molar-refractivity contribution < 1.29 is 4.79 Å². The van der Waals surface area contributed by atoms with Crippen molar-refractivity contribution in [3.8, 4) is 5.69 Å². The van der Waals surface area contributed by atoms with E-state index in [4.69, 9.17) is 0 Å². The second-order valence-corrected chi connectivity index (χ2v) is 7.54. The summed E-state index contributed by atoms with van der Waals surface area (Å²) in [6.07, 6.45) is 8.07. The van der Waals surface area contributed by atoms with E-state index >= 15 is 0 Å². The van der Waals surface area contributed by atoms with Crippen LogP contribution in [0.5, 0.6) is 0 Å². The van der Waals surface area contributed by atoms with Gasteiger partial charge in [0.2, 0.25) is 5.91 Å². The minimum absolute atomic E-state index is 0.0261. The Labute approximate surface area is 169 Å². The van der Waals surface area contributed by atoms with Crippen LogP contribution >= 0.6 is 0 Å². The second-order valence-electron chi connectivity index (χ2n) is 7.54. The minimum atomic E-state index is -0.254. The van der Waals surface area contributed by atoms with Crippen molar-refractivity contribution in [2.75, 3.05) is 6.54 Å². The summed E-state index contributed by atoms with van der Waals surface area (Å²) in [5, 5.41) is 4.78. The summed E-state index contributed by atoms with van der Waals surface area (Å²) in [6, 6.07) is 6.09. The molecule has 0 unspecified atom stereocenters. The van der Waals surface area contributed by atoms with E-state index in [2.05, 4.69) is 22.2 Å². The van der Waals surface area contributed by atoms with Gasteiger partial charge in [0.1, 0.15) is 18.3 Å². The summed E-state index contributed by atoms with van der Waals surface area (Å²) in [6.45, 7) is 6.57. The molecule has 0 aliphatic heterocycles. The SMILES string of the molecule is CCN(C(=O)Cn1cnc2c(cnn2-c2cc(C)cc(C)c2)c1=O)C1=CCCC1. The zero-order chi connectivity index (χ0) is 20.5. The second kappa shape index (κ2) is 7.66. The number of fused-ring (bicyclic) bond motifs is 1. The van der Waals surface area contributed by atoms with Crippen LogP contribution in [0, 0.1) is 13.8 Å². The van der Waals surface area contributed by atoms with Crippen LogP contribution in [0.1, 0.15) is 37.3 Å². The van der Waals surface area contributed by atoms with Crippen LogP contribution in [0.3, 0.4) is 0 Å². The quantitative estimate of drug-likeness (QED) is 0.670. The number of carbonyl (C=O) groups excluding carboxylic acids is 1. The lowest BCUT2D eigenvalue weighted by atomic mass is 10.1. The van der Waals surface area contributed by atoms with E-state index in [0.717, 1.165) is 41.8 Å². The normalized spacial score (nSPS) is 13.7. The van der Waals surface area contributed by atoms with Gasteiger partial charge in [-0.3, -0.25) is 14.2 Å². The van der Waals surface area contributed by atoms with Gasteiger partial charge in [0.15, 0.2) is 5.65 Å². The minimum Gasteiger partial charge on any atom is -0.315 e. The van der Waals surface area contributed by atoms with Crippen molar-refractivity contribution in [2.45, 2.75) is 46.6 Å². The zero-order valence-electron chi connectivity index (χ0n) is 17.1. The molecule has 7 heteroatoms. The first-order valence-corrected chi connectivity index (χ1v) is 9.99. The summed E-state index contributed by atoms with van der Waals surface area (Å²) in [5.41, 5.74) is 4.39. The third-order valence-electron chi connectivity index (χ3n) is 5.29. The number of likely N-dealkylation sites (N-methyl/N-ethyl adjacent to an activating group) is 1. The highest BCUT2D eigenvalue weighted by molar-refractivity contribution is 5.79. The van der Waals surface area contributed by atoms with Gasteiger partial charge in [0.05, 0.1) is 11.9 Å². The fourth-order valence-electron chi connectivity index (χ4n) is 3.99. The molecule has 0 radical (unpaired) electrons. The molecule has 0 bridgehead atoms. The molecule has 7 nitrogen and oxygen atoms in total. The number of amides is 1. The molecule has 4 rings (SSSR count). The van der Waals surface area contributed by atoms with Crippen LogP contribution in [0.2, 0.25) is 0 Å². The molecule has 0 saturated heterocycles. The largest absolute Gasteiger partial charge is 0.315 e. The maximum absolute atomic E-state index is 13.0. The zero-order valence-corrected chi connectivity index (χ0v) is 17.1. The maximum atomic E-state index is 13.0. The van der Waals surface area contributed by atoms with E-state index < -0.39 is 0 Å². The molecule has 150 valence electrons. The van der Waals surface area contributed by atoms with Crippen molar-refractivity contribution >= 4 is 16.9 Å². The Morgan fingerprint density at radius 3 is 2.62 bits per heavy atom. The molecular weight excluding hydrogens is 366 g/mol. The lowest BCUT2D eigenvalue weighted by Gasteiger charge is -2.22. The first-order valence-electron chi connectivity index (χ1n) is 9.99. The van der Waals surface area contributed by atoms with Crippen LogP contribution in [0.15, 0.2) is 47.3 Å². The topological polar surface area (TPSA) is 73.0 Å². The van der Waals surface area contributed by atoms with Crippen LogP contribution in [0.4, 0.5) is 0 Å². The summed E-state index contributed by atoms with van der Waals surface area (Å²) in [4.78, 5) is 32.0. The molecule has 1 aliphatic carbocycles. The molecule has 1 aliphatic rings. The third-order valence-corrected chi connectivity index (χ3v) is 5.29. The molecule has 0 fully saturated rings. The monoisotopic (exact) mass is 391 g/mol. The molecule has 2 heterocycles. The van der Waals surface area contributed by atoms with Crippen molar-refractivity contribution in [1.82, 2.24) is 24.2 Å². The summed E-state index contributed by atoms with van der Waals surface area (Å²) >= 11 is 0. The Morgan fingerprint density at radius 1 is 1.21 bits per heavy atom. The number of hydrogen-bond donors (Lipinski definition) is 0. The van der Waals surface area contributed by atoms with Crippen molar-refractivity contribution in [2.24, 2.45) is 0 Å². The Balaban J connectivity index is 1.67. The van der Waals surface area contributed by atoms with Crippen LogP contribution in [-0.2, 0) is 11.3 Å². The fraction of sp³-hybridized carbons (Fsp3) is 0.364. The summed E-state index contributed by atoms with van der Waals surface area (Å²) in [5.74, 6) is -0.0920. The number of rotatable bonds is 5. The van der Waals surface area contributed by atoms with Crippen molar-refractivity contribution in [1.29, 1.82) is 0 Å². The number of benzene rings is 1. The van der Waals surface area contributed by atoms with E-state index in [1.54, 1.807) is 9.58 Å². The summed E-state index contributed by atoms with van der Waals surface area (Å²) in [7, 11) is 0. The van der Waals surface area contributed by atoms with Gasteiger partial charge in [-0.15, -0.1) is 0 Å². The molecule has 0 atom stereocenters. The highest BCUT2D eigenvalue weighted by Gasteiger charge is 2.20. The van der Waals surface area contributed by atoms with E-state index in [1.807, 2.05) is 32.9 Å². The van der Waals surface area contributed by atoms with Gasteiger partial charge in [-0.25, -0.2) is 9.67 Å². The van der Waals surface area contributed by atoms with Gasteiger partial charge in [0, 0.05) is 12.2 Å². The molecular formula is C22H25N5O2. The average molecular weight is 391 g/mol. The van der Waals surface area contributed by atoms with Crippen molar-refractivity contribution in [3.63, 3.8) is 0 Å². The number of aryl methyl sites for hydroxylation is 2. The smallest absolute Gasteiger partial charge is 0.264 e. The van der Waals surface area contributed by atoms with Gasteiger partial charge >= 0.3 is 0 Å². The van der Waals surface area contributed by atoms with Gasteiger partial charge in [-0.1, -0.05) is 12.1 Å². The van der Waals surface area contributed by atoms with Crippen molar-refractivity contribution in [3.05, 3.63) is 64.0 Å². The summed E-state index contributed by atoms with van der Waals surface area (Å²) < 4.78 is 3.04. The molecule has 3 aromatic rings. The Morgan fingerprint density at radius 2 is 1.97 bits per heavy atom. The standard InChI is InChI=1S/C22H25N5O2/c1-4-26(17-7-5-6-8-17)20(28)13-25-14-23-21-19(22(25)29)12-24-27(21)18-10-15(2)9-16(3)11-18/h7,9-12,14H,4-6,8,13H2,1-3H3. The van der Waals surface area contributed by atoms with E-state index in [1.165, 1.54) is 17.1 Å². The molecule has 0 spiro atoms. The third kappa shape index (κ3) is 3.60. The number of aromatic nitrogens is 4. The van der Waals surface area contributed by atoms with Crippen LogP contribution in [0.25, 0.3) is 16.7 Å². The molecule has 2 aromatic heterocycles. The predicted octanol–water partition coefficient (Wildman–Crippen LogP) is 3.12. The van der Waals surface area contributed by atoms with Gasteiger partial charge in [-0.2, -0.15) is 5.10 Å². The van der Waals surface area contributed by atoms with E-state index in [0.29, 0.717) is 17.6 Å². The number of carbonyl (C=O) groups is 1. The number of hydrogen-bond acceptors (Lipinski definition) is 4. The van der Waals surface area contributed by atoms with E-state index in [9.17, 15) is 9.59 Å². The Hall–Kier alpha value is -3.22. The fourth-order valence-corrected chi connectivity index (χ4v) is 3.99. The van der Waals surface area contributed by atoms with Crippen LogP contribution < -0.4 is 5.56 Å². The molecule has 0 saturated carbocycles. The molecule has 1 amide bonds. The van der Waals surface area contributed by atoms with E-state index in [-0.39, 0.29) is 18.0 Å². The van der Waals surface area contributed by atoms with Crippen LogP contribution in [-0.4, -0.2) is 36.7 Å². The first kappa shape index (κ1) is 19.1. The maximum Gasteiger partial charge on any atom is 0.264 e. The predicted molar refractivity (Wildman–Crippen MR) is 112 cm³/mol. The van der Waals surface area contributed by atoms with Gasteiger partial charge in [0.25, 0.3) is 5.56 Å². The number of allylic oxidation sites excluding steroid dienone is 2. The average Bonchev–Trinajstić information content (AvgIpc) is 3.34. The highest BCUT2D eigenvalue weighted by Crippen LogP contribution is 2.22. The van der Waals surface area contributed by atoms with Gasteiger partial charge < -0.3 is 4.90 Å². The highest BCUT2D eigenvalue weighted by atomic mass is 16.2. The number of nitrogens with zero attached hydrogens (tertiary/aromatic N) is 5. The Bertz CT molecular complexity index is 1150. The first-order chi connectivity index (χ1) is 14.0. The molecule has 0 N–H and O–H groups in total. The lowest BCUT2D eigenvalue weighted by molar-refractivity contribution is -0.129. The molecule has 1 aromatic carbocycles.